The van der Waals surface area contributed by atoms with Gasteiger partial charge in [0.05, 0.1) is 17.7 Å². The predicted molar refractivity (Wildman–Crippen MR) is 119 cm³/mol. The largest absolute Gasteiger partial charge is 0.462 e. The van der Waals surface area contributed by atoms with Crippen molar-refractivity contribution in [1.82, 2.24) is 0 Å². The molecule has 0 atom stereocenters. The van der Waals surface area contributed by atoms with Gasteiger partial charge in [-0.2, -0.15) is 13.2 Å². The fraction of sp³-hybridized carbons (Fsp3) is 0.269. The zero-order valence-corrected chi connectivity index (χ0v) is 17.8. The number of nitrogens with zero attached hydrogens (tertiary/aromatic N) is 1. The van der Waals surface area contributed by atoms with Crippen LogP contribution in [0.1, 0.15) is 34.0 Å². The first-order valence-electron chi connectivity index (χ1n) is 10.7. The fourth-order valence-corrected chi connectivity index (χ4v) is 4.06. The number of alkyl halides is 3. The average Bonchev–Trinajstić information content (AvgIpc) is 3.20. The summed E-state index contributed by atoms with van der Waals surface area (Å²) in [5.41, 5.74) is 4.79. The number of carbonyl (C=O) groups is 1. The molecule has 0 spiro atoms. The number of rotatable bonds is 6. The minimum atomic E-state index is -4.33. The smallest absolute Gasteiger partial charge is 0.416 e. The molecule has 32 heavy (non-hydrogen) atoms. The Morgan fingerprint density at radius 3 is 2.56 bits per heavy atom. The van der Waals surface area contributed by atoms with Crippen LogP contribution in [0.25, 0.3) is 11.1 Å². The van der Waals surface area contributed by atoms with Gasteiger partial charge < -0.3 is 9.64 Å². The molecule has 0 radical (unpaired) electrons. The molecule has 0 fully saturated rings. The molecule has 0 aromatic heterocycles. The number of hydrogen-bond donors (Lipinski definition) is 0. The second-order valence-corrected chi connectivity index (χ2v) is 7.83. The van der Waals surface area contributed by atoms with Crippen molar-refractivity contribution in [2.24, 2.45) is 0 Å². The first-order valence-corrected chi connectivity index (χ1v) is 10.7. The fourth-order valence-electron chi connectivity index (χ4n) is 4.06. The Hall–Kier alpha value is -3.28. The van der Waals surface area contributed by atoms with Crippen molar-refractivity contribution in [3.63, 3.8) is 0 Å². The molecule has 1 aliphatic rings. The Kier molecular flexibility index (Phi) is 6.21. The van der Waals surface area contributed by atoms with Crippen LogP contribution in [0.15, 0.2) is 66.7 Å². The van der Waals surface area contributed by atoms with Gasteiger partial charge in [0.25, 0.3) is 0 Å². The van der Waals surface area contributed by atoms with Gasteiger partial charge >= 0.3 is 12.1 Å². The zero-order chi connectivity index (χ0) is 22.7. The average molecular weight is 439 g/mol. The summed E-state index contributed by atoms with van der Waals surface area (Å²) in [6.45, 7) is 3.57. The first-order chi connectivity index (χ1) is 15.3. The van der Waals surface area contributed by atoms with Crippen LogP contribution in [-0.2, 0) is 23.8 Å². The normalized spacial score (nSPS) is 13.2. The summed E-state index contributed by atoms with van der Waals surface area (Å²) in [5, 5.41) is 0. The number of benzene rings is 3. The SMILES string of the molecule is CCOC(=O)c1cccc(-c2ccc3c(c2)N(CCc2cccc(C(F)(F)F)c2)CC3)c1. The molecule has 1 heterocycles. The molecule has 3 nitrogen and oxygen atoms in total. The van der Waals surface area contributed by atoms with Gasteiger partial charge in [0.2, 0.25) is 0 Å². The molecule has 0 saturated carbocycles. The summed E-state index contributed by atoms with van der Waals surface area (Å²) in [6.07, 6.45) is -2.89. The highest BCUT2D eigenvalue weighted by Gasteiger charge is 2.30. The molecule has 3 aromatic rings. The van der Waals surface area contributed by atoms with Gasteiger partial charge in [-0.25, -0.2) is 4.79 Å². The van der Waals surface area contributed by atoms with Crippen LogP contribution in [0.5, 0.6) is 0 Å². The Balaban J connectivity index is 1.52. The van der Waals surface area contributed by atoms with E-state index in [-0.39, 0.29) is 5.97 Å². The van der Waals surface area contributed by atoms with Gasteiger partial charge in [-0.3, -0.25) is 0 Å². The number of hydrogen-bond acceptors (Lipinski definition) is 3. The van der Waals surface area contributed by atoms with Gasteiger partial charge in [-0.05, 0) is 66.3 Å². The maximum atomic E-state index is 13.0. The number of halogens is 3. The van der Waals surface area contributed by atoms with Gasteiger partial charge in [0.1, 0.15) is 0 Å². The summed E-state index contributed by atoms with van der Waals surface area (Å²) in [4.78, 5) is 14.3. The number of fused-ring (bicyclic) bond motifs is 1. The third kappa shape index (κ3) is 4.79. The van der Waals surface area contributed by atoms with Crippen molar-refractivity contribution < 1.29 is 22.7 Å². The quantitative estimate of drug-likeness (QED) is 0.431. The monoisotopic (exact) mass is 439 g/mol. The summed E-state index contributed by atoms with van der Waals surface area (Å²) in [7, 11) is 0. The van der Waals surface area contributed by atoms with E-state index in [4.69, 9.17) is 4.74 Å². The Labute approximate surface area is 185 Å². The van der Waals surface area contributed by atoms with E-state index in [1.54, 1.807) is 19.1 Å². The second-order valence-electron chi connectivity index (χ2n) is 7.83. The molecule has 4 rings (SSSR count). The minimum Gasteiger partial charge on any atom is -0.462 e. The number of esters is 1. The van der Waals surface area contributed by atoms with Gasteiger partial charge in [0.15, 0.2) is 0 Å². The van der Waals surface area contributed by atoms with Gasteiger partial charge in [0, 0.05) is 18.8 Å². The molecule has 1 aliphatic heterocycles. The maximum Gasteiger partial charge on any atom is 0.416 e. The van der Waals surface area contributed by atoms with E-state index in [0.29, 0.717) is 30.7 Å². The Morgan fingerprint density at radius 2 is 1.78 bits per heavy atom. The third-order valence-electron chi connectivity index (χ3n) is 5.71. The highest BCUT2D eigenvalue weighted by Crippen LogP contribution is 2.34. The molecule has 166 valence electrons. The maximum absolute atomic E-state index is 13.0. The van der Waals surface area contributed by atoms with Crippen molar-refractivity contribution >= 4 is 11.7 Å². The van der Waals surface area contributed by atoms with Crippen molar-refractivity contribution in [1.29, 1.82) is 0 Å². The van der Waals surface area contributed by atoms with Crippen molar-refractivity contribution in [2.75, 3.05) is 24.6 Å². The molecule has 3 aromatic carbocycles. The molecule has 0 saturated heterocycles. The summed E-state index contributed by atoms with van der Waals surface area (Å²) >= 11 is 0. The van der Waals surface area contributed by atoms with Crippen LogP contribution in [0.2, 0.25) is 0 Å². The lowest BCUT2D eigenvalue weighted by Crippen LogP contribution is -2.23. The van der Waals surface area contributed by atoms with Crippen LogP contribution in [-0.4, -0.2) is 25.7 Å². The minimum absolute atomic E-state index is 0.322. The highest BCUT2D eigenvalue weighted by molar-refractivity contribution is 5.91. The van der Waals surface area contributed by atoms with Crippen molar-refractivity contribution in [2.45, 2.75) is 25.9 Å². The van der Waals surface area contributed by atoms with E-state index in [1.165, 1.54) is 17.7 Å². The van der Waals surface area contributed by atoms with Crippen molar-refractivity contribution in [3.05, 3.63) is 89.0 Å². The molecule has 0 N–H and O–H groups in total. The molecule has 0 amide bonds. The van der Waals surface area contributed by atoms with E-state index >= 15 is 0 Å². The molecule has 6 heteroatoms. The number of anilines is 1. The van der Waals surface area contributed by atoms with E-state index in [1.807, 2.05) is 24.3 Å². The van der Waals surface area contributed by atoms with E-state index < -0.39 is 11.7 Å². The van der Waals surface area contributed by atoms with Gasteiger partial charge in [-0.1, -0.05) is 42.5 Å². The molecular weight excluding hydrogens is 415 g/mol. The van der Waals surface area contributed by atoms with Crippen LogP contribution >= 0.6 is 0 Å². The van der Waals surface area contributed by atoms with E-state index in [2.05, 4.69) is 17.0 Å². The lowest BCUT2D eigenvalue weighted by molar-refractivity contribution is -0.137. The second kappa shape index (κ2) is 9.07. The number of carbonyl (C=O) groups excluding carboxylic acids is 1. The summed E-state index contributed by atoms with van der Waals surface area (Å²) in [6, 6.07) is 19.1. The van der Waals surface area contributed by atoms with Crippen LogP contribution in [0.3, 0.4) is 0 Å². The van der Waals surface area contributed by atoms with E-state index in [9.17, 15) is 18.0 Å². The highest BCUT2D eigenvalue weighted by atomic mass is 19.4. The molecule has 0 unspecified atom stereocenters. The van der Waals surface area contributed by atoms with Crippen LogP contribution in [0, 0.1) is 0 Å². The Morgan fingerprint density at radius 1 is 1.00 bits per heavy atom. The third-order valence-corrected chi connectivity index (χ3v) is 5.71. The Bertz CT molecular complexity index is 1120. The number of ether oxygens (including phenoxy) is 1. The lowest BCUT2D eigenvalue weighted by Gasteiger charge is -2.20. The van der Waals surface area contributed by atoms with Gasteiger partial charge in [-0.15, -0.1) is 0 Å². The standard InChI is InChI=1S/C26H24F3NO2/c1-2-32-25(31)22-7-4-6-20(16-22)21-10-9-19-12-14-30(24(19)17-21)13-11-18-5-3-8-23(15-18)26(27,28)29/h3-10,15-17H,2,11-14H2,1H3. The van der Waals surface area contributed by atoms with Crippen molar-refractivity contribution in [3.8, 4) is 11.1 Å². The lowest BCUT2D eigenvalue weighted by atomic mass is 10.0. The van der Waals surface area contributed by atoms with Crippen LogP contribution < -0.4 is 4.90 Å². The molecular formula is C26H24F3NO2. The first kappa shape index (κ1) is 21.9. The topological polar surface area (TPSA) is 29.5 Å². The van der Waals surface area contributed by atoms with E-state index in [0.717, 1.165) is 35.8 Å². The van der Waals surface area contributed by atoms with Crippen LogP contribution in [0.4, 0.5) is 18.9 Å². The zero-order valence-electron chi connectivity index (χ0n) is 17.8. The molecule has 0 aliphatic carbocycles. The molecule has 0 bridgehead atoms. The summed E-state index contributed by atoms with van der Waals surface area (Å²) < 4.78 is 44.1. The summed E-state index contributed by atoms with van der Waals surface area (Å²) in [5.74, 6) is -0.349. The predicted octanol–water partition coefficient (Wildman–Crippen LogP) is 6.15.